The van der Waals surface area contributed by atoms with Crippen LogP contribution in [0, 0.1) is 5.92 Å². The van der Waals surface area contributed by atoms with Crippen molar-refractivity contribution in [1.82, 2.24) is 0 Å². The molecule has 4 heteroatoms. The van der Waals surface area contributed by atoms with Crippen LogP contribution in [-0.2, 0) is 35.6 Å². The molecule has 0 bridgehead atoms. The predicted octanol–water partition coefficient (Wildman–Crippen LogP) is 7.76. The van der Waals surface area contributed by atoms with Crippen molar-refractivity contribution < 1.29 is 14.3 Å². The van der Waals surface area contributed by atoms with Crippen molar-refractivity contribution in [3.05, 3.63) is 95.1 Å². The maximum absolute atomic E-state index is 12.0. The Bertz CT molecular complexity index is 1110. The molecule has 0 aliphatic heterocycles. The van der Waals surface area contributed by atoms with Gasteiger partial charge in [-0.3, -0.25) is 4.79 Å². The first-order chi connectivity index (χ1) is 17.8. The molecule has 198 valence electrons. The van der Waals surface area contributed by atoms with Gasteiger partial charge < -0.3 is 14.4 Å². The number of ether oxygens (including phenoxy) is 2. The molecule has 0 spiro atoms. The van der Waals surface area contributed by atoms with Gasteiger partial charge in [0.1, 0.15) is 19.0 Å². The van der Waals surface area contributed by atoms with E-state index in [1.165, 1.54) is 11.3 Å². The maximum atomic E-state index is 12.0. The number of aryl methyl sites for hydroxylation is 2. The fraction of sp³-hybridized carbons (Fsp3) is 0.424. The molecule has 0 aliphatic rings. The average molecular weight is 502 g/mol. The monoisotopic (exact) mass is 501 g/mol. The Morgan fingerprint density at radius 1 is 0.730 bits per heavy atom. The summed E-state index contributed by atoms with van der Waals surface area (Å²) in [5.74, 6) is 0.578. The summed E-state index contributed by atoms with van der Waals surface area (Å²) in [6.07, 6.45) is 2.86. The van der Waals surface area contributed by atoms with Crippen molar-refractivity contribution >= 4 is 11.7 Å². The lowest BCUT2D eigenvalue weighted by molar-refractivity contribution is -0.148. The van der Waals surface area contributed by atoms with Gasteiger partial charge in [-0.05, 0) is 87.4 Å². The van der Waals surface area contributed by atoms with Gasteiger partial charge in [0.25, 0.3) is 0 Å². The van der Waals surface area contributed by atoms with Gasteiger partial charge in [-0.2, -0.15) is 0 Å². The van der Waals surface area contributed by atoms with Crippen LogP contribution in [0.1, 0.15) is 70.2 Å². The molecule has 3 aromatic rings. The molecule has 0 aliphatic carbocycles. The van der Waals surface area contributed by atoms with Crippen molar-refractivity contribution in [2.75, 3.05) is 4.90 Å². The molecule has 0 saturated heterocycles. The number of para-hydroxylation sites is 1. The third-order valence-corrected chi connectivity index (χ3v) is 6.49. The number of benzene rings is 3. The summed E-state index contributed by atoms with van der Waals surface area (Å²) in [6, 6.07) is 26.0. The van der Waals surface area contributed by atoms with Crippen LogP contribution in [-0.4, -0.2) is 18.1 Å². The van der Waals surface area contributed by atoms with Gasteiger partial charge in [-0.1, -0.05) is 68.4 Å². The van der Waals surface area contributed by atoms with E-state index >= 15 is 0 Å². The summed E-state index contributed by atoms with van der Waals surface area (Å²) in [6.45, 7) is 13.5. The third kappa shape index (κ3) is 8.38. The van der Waals surface area contributed by atoms with E-state index in [4.69, 9.17) is 9.47 Å². The zero-order chi connectivity index (χ0) is 26.8. The highest BCUT2D eigenvalue weighted by molar-refractivity contribution is 5.71. The number of carbonyl (C=O) groups excluding carboxylic acids is 1. The lowest BCUT2D eigenvalue weighted by atomic mass is 9.99. The molecule has 0 radical (unpaired) electrons. The smallest absolute Gasteiger partial charge is 0.308 e. The summed E-state index contributed by atoms with van der Waals surface area (Å²) in [7, 11) is 0. The zero-order valence-corrected chi connectivity index (χ0v) is 23.4. The summed E-state index contributed by atoms with van der Waals surface area (Å²) in [5.41, 5.74) is 5.97. The third-order valence-electron chi connectivity index (χ3n) is 6.49. The number of hydrogen-bond acceptors (Lipinski definition) is 4. The van der Waals surface area contributed by atoms with Crippen LogP contribution < -0.4 is 9.64 Å². The number of esters is 1. The van der Waals surface area contributed by atoms with E-state index < -0.39 is 0 Å². The molecule has 0 N–H and O–H groups in total. The largest absolute Gasteiger partial charge is 0.489 e. The molecule has 0 aromatic heterocycles. The van der Waals surface area contributed by atoms with E-state index in [2.05, 4.69) is 75.1 Å². The molecule has 37 heavy (non-hydrogen) atoms. The summed E-state index contributed by atoms with van der Waals surface area (Å²) >= 11 is 0. The van der Waals surface area contributed by atoms with E-state index in [-0.39, 0.29) is 18.5 Å². The topological polar surface area (TPSA) is 38.8 Å². The van der Waals surface area contributed by atoms with Crippen molar-refractivity contribution in [2.45, 2.75) is 86.1 Å². The highest BCUT2D eigenvalue weighted by Gasteiger charge is 2.17. The number of carbonyl (C=O) groups is 1. The summed E-state index contributed by atoms with van der Waals surface area (Å²) < 4.78 is 11.7. The van der Waals surface area contributed by atoms with E-state index in [1.54, 1.807) is 0 Å². The average Bonchev–Trinajstić information content (AvgIpc) is 2.87. The second-order valence-corrected chi connectivity index (χ2v) is 10.6. The molecule has 0 atom stereocenters. The number of hydrogen-bond donors (Lipinski definition) is 0. The molecule has 0 unspecified atom stereocenters. The van der Waals surface area contributed by atoms with Crippen molar-refractivity contribution in [3.8, 4) is 5.75 Å². The lowest BCUT2D eigenvalue weighted by Crippen LogP contribution is -2.37. The summed E-state index contributed by atoms with van der Waals surface area (Å²) in [4.78, 5) is 14.5. The number of nitrogens with zero attached hydrogens (tertiary/aromatic N) is 1. The lowest BCUT2D eigenvalue weighted by Gasteiger charge is -2.34. The molecule has 0 heterocycles. The van der Waals surface area contributed by atoms with Gasteiger partial charge >= 0.3 is 5.97 Å². The van der Waals surface area contributed by atoms with Gasteiger partial charge in [-0.15, -0.1) is 0 Å². The number of rotatable bonds is 13. The van der Waals surface area contributed by atoms with Gasteiger partial charge in [0.05, 0.1) is 5.92 Å². The Kier molecular flexibility index (Phi) is 10.6. The summed E-state index contributed by atoms with van der Waals surface area (Å²) in [5, 5.41) is 0. The predicted molar refractivity (Wildman–Crippen MR) is 153 cm³/mol. The second kappa shape index (κ2) is 13.9. The Hall–Kier alpha value is -3.27. The molecule has 3 rings (SSSR count). The van der Waals surface area contributed by atoms with Crippen LogP contribution in [0.2, 0.25) is 0 Å². The fourth-order valence-corrected chi connectivity index (χ4v) is 4.71. The standard InChI is InChI=1S/C33H43NO3/c1-24(2)33(35)37-23-28-19-20-32(36-22-27-13-8-7-9-14-27)30(21-28)17-12-16-29-15-10-11-18-31(29)34(25(3)4)26(5)6/h7-11,13-15,18-21,24-26H,12,16-17,22-23H2,1-6H3. The van der Waals surface area contributed by atoms with E-state index in [1.807, 2.05) is 44.2 Å². The highest BCUT2D eigenvalue weighted by Crippen LogP contribution is 2.28. The molecule has 0 fully saturated rings. The first-order valence-electron chi connectivity index (χ1n) is 13.6. The van der Waals surface area contributed by atoms with E-state index in [0.717, 1.165) is 41.7 Å². The van der Waals surface area contributed by atoms with Crippen LogP contribution in [0.5, 0.6) is 5.75 Å². The highest BCUT2D eigenvalue weighted by atomic mass is 16.5. The van der Waals surface area contributed by atoms with Gasteiger partial charge in [0, 0.05) is 17.8 Å². The van der Waals surface area contributed by atoms with Crippen molar-refractivity contribution in [2.24, 2.45) is 5.92 Å². The normalized spacial score (nSPS) is 11.3. The Balaban J connectivity index is 1.76. The Morgan fingerprint density at radius 3 is 2.05 bits per heavy atom. The van der Waals surface area contributed by atoms with E-state index in [9.17, 15) is 4.79 Å². The Morgan fingerprint density at radius 2 is 1.38 bits per heavy atom. The first kappa shape index (κ1) is 28.3. The molecule has 0 amide bonds. The van der Waals surface area contributed by atoms with Crippen LogP contribution in [0.4, 0.5) is 5.69 Å². The minimum atomic E-state index is -0.178. The second-order valence-electron chi connectivity index (χ2n) is 10.6. The van der Waals surface area contributed by atoms with Crippen molar-refractivity contribution in [3.63, 3.8) is 0 Å². The first-order valence-corrected chi connectivity index (χ1v) is 13.6. The quantitative estimate of drug-likeness (QED) is 0.224. The fourth-order valence-electron chi connectivity index (χ4n) is 4.71. The van der Waals surface area contributed by atoms with Crippen molar-refractivity contribution in [1.29, 1.82) is 0 Å². The van der Waals surface area contributed by atoms with Crippen LogP contribution in [0.25, 0.3) is 0 Å². The van der Waals surface area contributed by atoms with E-state index in [0.29, 0.717) is 18.7 Å². The SMILES string of the molecule is CC(C)C(=O)OCc1ccc(OCc2ccccc2)c(CCCc2ccccc2N(C(C)C)C(C)C)c1. The molecule has 4 nitrogen and oxygen atoms in total. The minimum Gasteiger partial charge on any atom is -0.489 e. The van der Waals surface area contributed by atoms with Crippen LogP contribution >= 0.6 is 0 Å². The molecular weight excluding hydrogens is 458 g/mol. The van der Waals surface area contributed by atoms with Gasteiger partial charge in [0.2, 0.25) is 0 Å². The molecular formula is C33H43NO3. The zero-order valence-electron chi connectivity index (χ0n) is 23.4. The van der Waals surface area contributed by atoms with Crippen LogP contribution in [0.3, 0.4) is 0 Å². The molecule has 0 saturated carbocycles. The minimum absolute atomic E-state index is 0.135. The van der Waals surface area contributed by atoms with Gasteiger partial charge in [-0.25, -0.2) is 0 Å². The Labute approximate surface area is 223 Å². The number of anilines is 1. The maximum Gasteiger partial charge on any atom is 0.308 e. The van der Waals surface area contributed by atoms with Crippen LogP contribution in [0.15, 0.2) is 72.8 Å². The van der Waals surface area contributed by atoms with Gasteiger partial charge in [0.15, 0.2) is 0 Å². The molecule has 3 aromatic carbocycles.